The number of nitrogens with one attached hydrogen (secondary N) is 1. The molecule has 1 aliphatic rings. The van der Waals surface area contributed by atoms with Crippen LogP contribution in [0, 0.1) is 10.1 Å². The molecule has 0 radical (unpaired) electrons. The molecule has 1 aliphatic heterocycles. The van der Waals surface area contributed by atoms with Crippen molar-refractivity contribution in [3.05, 3.63) is 27.4 Å². The van der Waals surface area contributed by atoms with Crippen LogP contribution in [-0.4, -0.2) is 35.4 Å². The standard InChI is InChI=1S/C10H11ClN4O3/c11-8-5-7(15(17)18)6-9(13-8)14-3-1-10(16)12-2-4-14/h5-6H,1-4H2,(H,12,16). The van der Waals surface area contributed by atoms with E-state index in [0.717, 1.165) is 0 Å². The number of hydrogen-bond donors (Lipinski definition) is 1. The van der Waals surface area contributed by atoms with E-state index in [2.05, 4.69) is 10.3 Å². The molecule has 1 amide bonds. The highest BCUT2D eigenvalue weighted by Crippen LogP contribution is 2.23. The molecule has 0 atom stereocenters. The summed E-state index contributed by atoms with van der Waals surface area (Å²) >= 11 is 5.76. The van der Waals surface area contributed by atoms with Crippen molar-refractivity contribution in [3.8, 4) is 0 Å². The smallest absolute Gasteiger partial charge is 0.276 e. The number of rotatable bonds is 2. The Balaban J connectivity index is 2.26. The van der Waals surface area contributed by atoms with Crippen molar-refractivity contribution in [2.45, 2.75) is 6.42 Å². The van der Waals surface area contributed by atoms with E-state index in [0.29, 0.717) is 31.9 Å². The zero-order valence-electron chi connectivity index (χ0n) is 9.43. The van der Waals surface area contributed by atoms with Crippen molar-refractivity contribution >= 4 is 29.0 Å². The molecular weight excluding hydrogens is 260 g/mol. The monoisotopic (exact) mass is 270 g/mol. The van der Waals surface area contributed by atoms with E-state index in [-0.39, 0.29) is 16.7 Å². The van der Waals surface area contributed by atoms with Crippen molar-refractivity contribution in [1.29, 1.82) is 0 Å². The molecule has 1 aromatic rings. The number of carbonyl (C=O) groups excluding carboxylic acids is 1. The average molecular weight is 271 g/mol. The fourth-order valence-corrected chi connectivity index (χ4v) is 1.93. The highest BCUT2D eigenvalue weighted by atomic mass is 35.5. The van der Waals surface area contributed by atoms with E-state index in [4.69, 9.17) is 11.6 Å². The first-order valence-corrected chi connectivity index (χ1v) is 5.77. The van der Waals surface area contributed by atoms with E-state index < -0.39 is 4.92 Å². The lowest BCUT2D eigenvalue weighted by Gasteiger charge is -2.20. The van der Waals surface area contributed by atoms with Gasteiger partial charge in [-0.2, -0.15) is 0 Å². The van der Waals surface area contributed by atoms with Crippen molar-refractivity contribution < 1.29 is 9.72 Å². The third-order valence-electron chi connectivity index (χ3n) is 2.61. The molecule has 0 aromatic carbocycles. The minimum atomic E-state index is -0.516. The number of pyridine rings is 1. The van der Waals surface area contributed by atoms with Gasteiger partial charge in [0.2, 0.25) is 5.91 Å². The van der Waals surface area contributed by atoms with Gasteiger partial charge in [0.1, 0.15) is 11.0 Å². The van der Waals surface area contributed by atoms with Crippen molar-refractivity contribution in [2.75, 3.05) is 24.5 Å². The van der Waals surface area contributed by atoms with Gasteiger partial charge in [0.15, 0.2) is 0 Å². The van der Waals surface area contributed by atoms with Crippen molar-refractivity contribution in [2.24, 2.45) is 0 Å². The highest BCUT2D eigenvalue weighted by molar-refractivity contribution is 6.29. The Labute approximate surface area is 108 Å². The topological polar surface area (TPSA) is 88.4 Å². The fraction of sp³-hybridized carbons (Fsp3) is 0.400. The van der Waals surface area contributed by atoms with Crippen LogP contribution in [0.1, 0.15) is 6.42 Å². The summed E-state index contributed by atoms with van der Waals surface area (Å²) in [6, 6.07) is 2.56. The second-order valence-electron chi connectivity index (χ2n) is 3.85. The van der Waals surface area contributed by atoms with Crippen LogP contribution in [-0.2, 0) is 4.79 Å². The molecule has 0 aliphatic carbocycles. The molecule has 2 heterocycles. The Bertz CT molecular complexity index is 494. The molecule has 0 unspecified atom stereocenters. The van der Waals surface area contributed by atoms with Gasteiger partial charge in [-0.1, -0.05) is 11.6 Å². The van der Waals surface area contributed by atoms with Gasteiger partial charge in [0.25, 0.3) is 5.69 Å². The Morgan fingerprint density at radius 1 is 1.44 bits per heavy atom. The summed E-state index contributed by atoms with van der Waals surface area (Å²) in [6.45, 7) is 1.51. The lowest BCUT2D eigenvalue weighted by atomic mass is 10.3. The number of nitro groups is 1. The van der Waals surface area contributed by atoms with Crippen LogP contribution in [0.15, 0.2) is 12.1 Å². The Hall–Kier alpha value is -1.89. The van der Waals surface area contributed by atoms with Crippen molar-refractivity contribution in [1.82, 2.24) is 10.3 Å². The first-order chi connectivity index (χ1) is 8.56. The van der Waals surface area contributed by atoms with Gasteiger partial charge in [0.05, 0.1) is 17.1 Å². The maximum atomic E-state index is 11.2. The number of amides is 1. The predicted octanol–water partition coefficient (Wildman–Crippen LogP) is 0.969. The molecule has 0 spiro atoms. The summed E-state index contributed by atoms with van der Waals surface area (Å²) in [6.07, 6.45) is 0.335. The second-order valence-corrected chi connectivity index (χ2v) is 4.24. The predicted molar refractivity (Wildman–Crippen MR) is 65.7 cm³/mol. The molecule has 1 N–H and O–H groups in total. The molecule has 1 saturated heterocycles. The normalized spacial score (nSPS) is 16.1. The number of aromatic nitrogens is 1. The first kappa shape index (κ1) is 12.6. The van der Waals surface area contributed by atoms with E-state index in [1.807, 2.05) is 0 Å². The Morgan fingerprint density at radius 2 is 2.22 bits per heavy atom. The Kier molecular flexibility index (Phi) is 3.61. The molecule has 1 aromatic heterocycles. The zero-order valence-corrected chi connectivity index (χ0v) is 10.2. The van der Waals surface area contributed by atoms with Gasteiger partial charge in [-0.05, 0) is 0 Å². The van der Waals surface area contributed by atoms with Gasteiger partial charge >= 0.3 is 0 Å². The largest absolute Gasteiger partial charge is 0.354 e. The van der Waals surface area contributed by atoms with Crippen LogP contribution in [0.25, 0.3) is 0 Å². The zero-order chi connectivity index (χ0) is 13.1. The Morgan fingerprint density at radius 3 is 2.94 bits per heavy atom. The molecule has 18 heavy (non-hydrogen) atoms. The van der Waals surface area contributed by atoms with Crippen LogP contribution in [0.3, 0.4) is 0 Å². The quantitative estimate of drug-likeness (QED) is 0.491. The van der Waals surface area contributed by atoms with Crippen molar-refractivity contribution in [3.63, 3.8) is 0 Å². The van der Waals surface area contributed by atoms with E-state index in [1.54, 1.807) is 4.90 Å². The summed E-state index contributed by atoms with van der Waals surface area (Å²) in [5.74, 6) is 0.389. The lowest BCUT2D eigenvalue weighted by molar-refractivity contribution is -0.384. The third-order valence-corrected chi connectivity index (χ3v) is 2.81. The molecule has 2 rings (SSSR count). The van der Waals surface area contributed by atoms with E-state index in [1.165, 1.54) is 12.1 Å². The molecule has 8 heteroatoms. The summed E-state index contributed by atoms with van der Waals surface area (Å²) < 4.78 is 0. The van der Waals surface area contributed by atoms with Crippen LogP contribution >= 0.6 is 11.6 Å². The summed E-state index contributed by atoms with van der Waals surface area (Å²) in [7, 11) is 0. The third kappa shape index (κ3) is 2.86. The van der Waals surface area contributed by atoms with E-state index in [9.17, 15) is 14.9 Å². The summed E-state index contributed by atoms with van der Waals surface area (Å²) in [5, 5.41) is 13.5. The highest BCUT2D eigenvalue weighted by Gasteiger charge is 2.18. The first-order valence-electron chi connectivity index (χ1n) is 5.40. The maximum Gasteiger partial charge on any atom is 0.276 e. The minimum absolute atomic E-state index is 0.0333. The fourth-order valence-electron chi connectivity index (χ4n) is 1.73. The molecule has 96 valence electrons. The van der Waals surface area contributed by atoms with Gasteiger partial charge in [-0.25, -0.2) is 4.98 Å². The number of carbonyl (C=O) groups is 1. The average Bonchev–Trinajstić information content (AvgIpc) is 2.53. The summed E-state index contributed by atoms with van der Waals surface area (Å²) in [4.78, 5) is 27.3. The van der Waals surface area contributed by atoms with Crippen LogP contribution in [0.5, 0.6) is 0 Å². The van der Waals surface area contributed by atoms with E-state index >= 15 is 0 Å². The second kappa shape index (κ2) is 5.18. The SMILES string of the molecule is O=C1CCN(c2cc([N+](=O)[O-])cc(Cl)n2)CCN1. The van der Waals surface area contributed by atoms with Crippen LogP contribution in [0.4, 0.5) is 11.5 Å². The van der Waals surface area contributed by atoms with Crippen LogP contribution < -0.4 is 10.2 Å². The van der Waals surface area contributed by atoms with Gasteiger partial charge in [-0.3, -0.25) is 14.9 Å². The van der Waals surface area contributed by atoms with Gasteiger partial charge < -0.3 is 10.2 Å². The molecule has 1 fully saturated rings. The van der Waals surface area contributed by atoms with Crippen LogP contribution in [0.2, 0.25) is 5.15 Å². The number of hydrogen-bond acceptors (Lipinski definition) is 5. The molecule has 0 bridgehead atoms. The summed E-state index contributed by atoms with van der Waals surface area (Å²) in [5.41, 5.74) is -0.103. The molecule has 7 nitrogen and oxygen atoms in total. The van der Waals surface area contributed by atoms with Gasteiger partial charge in [-0.15, -0.1) is 0 Å². The number of halogens is 1. The number of anilines is 1. The number of nitrogens with zero attached hydrogens (tertiary/aromatic N) is 3. The molecule has 0 saturated carbocycles. The minimum Gasteiger partial charge on any atom is -0.354 e. The lowest BCUT2D eigenvalue weighted by Crippen LogP contribution is -2.29. The maximum absolute atomic E-state index is 11.2. The van der Waals surface area contributed by atoms with Gasteiger partial charge in [0, 0.05) is 26.1 Å². The molecular formula is C10H11ClN4O3.